The third-order valence-corrected chi connectivity index (χ3v) is 6.22. The van der Waals surface area contributed by atoms with E-state index in [1.807, 2.05) is 0 Å². The zero-order chi connectivity index (χ0) is 36.2. The second-order valence-corrected chi connectivity index (χ2v) is 9.86. The molecule has 0 aliphatic carbocycles. The fraction of sp³-hybridized carbons (Fsp3) is 0.760. The van der Waals surface area contributed by atoms with Gasteiger partial charge in [-0.2, -0.15) is 0 Å². The lowest BCUT2D eigenvalue weighted by atomic mass is 10.0. The van der Waals surface area contributed by atoms with E-state index in [-0.39, 0.29) is 126 Å². The normalized spacial score (nSPS) is 16.1. The Balaban J connectivity index is 6.68. The van der Waals surface area contributed by atoms with Crippen LogP contribution in [0.1, 0.15) is 38.5 Å². The molecule has 0 aliphatic heterocycles. The van der Waals surface area contributed by atoms with Crippen LogP contribution in [-0.2, 0) is 28.4 Å². The first-order chi connectivity index (χ1) is 23.1. The molecule has 0 rings (SSSR count). The standard InChI is InChI=1S/C25H51N11O12/c26-16(13-37)1-9-45-17(14-43-7-2-19(27)32-38)24(47-11-5-22(30)35-41)25(48-12-6-23(31)36-42)18(46-10-4-21(29)34-40)15-44-8-3-20(28)33-39/h17-18,24-26,37-42H,1-15H2,(H2,27,32)(H2,28,33)(H2,29,34)(H2,30,35)(H2,31,36). The van der Waals surface area contributed by atoms with Crippen LogP contribution in [0.15, 0.2) is 25.8 Å². The van der Waals surface area contributed by atoms with Crippen LogP contribution in [0.4, 0.5) is 0 Å². The van der Waals surface area contributed by atoms with E-state index in [4.69, 9.17) is 88.5 Å². The lowest BCUT2D eigenvalue weighted by Gasteiger charge is -2.37. The van der Waals surface area contributed by atoms with Crippen molar-refractivity contribution >= 4 is 34.9 Å². The van der Waals surface area contributed by atoms with Crippen LogP contribution in [0.3, 0.4) is 0 Å². The Morgan fingerprint density at radius 2 is 0.771 bits per heavy atom. The Labute approximate surface area is 277 Å². The highest BCUT2D eigenvalue weighted by Gasteiger charge is 2.39. The van der Waals surface area contributed by atoms with E-state index in [0.29, 0.717) is 0 Å². The van der Waals surface area contributed by atoms with Crippen LogP contribution in [0.5, 0.6) is 0 Å². The van der Waals surface area contributed by atoms with Gasteiger partial charge in [0.1, 0.15) is 53.6 Å². The number of nitrogens with two attached hydrogens (primary N) is 5. The average molecular weight is 698 g/mol. The molecule has 0 fully saturated rings. The van der Waals surface area contributed by atoms with E-state index in [1.165, 1.54) is 0 Å². The van der Waals surface area contributed by atoms with Gasteiger partial charge in [0.15, 0.2) is 0 Å². The minimum atomic E-state index is -1.10. The largest absolute Gasteiger partial charge is 0.409 e. The van der Waals surface area contributed by atoms with Gasteiger partial charge in [-0.25, -0.2) is 0 Å². The molecule has 23 heteroatoms. The van der Waals surface area contributed by atoms with Crippen molar-refractivity contribution in [1.29, 1.82) is 5.41 Å². The summed E-state index contributed by atoms with van der Waals surface area (Å²) in [5, 5.41) is 76.6. The van der Waals surface area contributed by atoms with E-state index in [2.05, 4.69) is 25.8 Å². The molecule has 4 unspecified atom stereocenters. The monoisotopic (exact) mass is 697 g/mol. The second-order valence-electron chi connectivity index (χ2n) is 9.86. The van der Waals surface area contributed by atoms with Crippen molar-refractivity contribution in [3.05, 3.63) is 0 Å². The van der Waals surface area contributed by atoms with Crippen LogP contribution < -0.4 is 28.7 Å². The summed E-state index contributed by atoms with van der Waals surface area (Å²) in [5.41, 5.74) is 28.0. The lowest BCUT2D eigenvalue weighted by molar-refractivity contribution is -0.194. The predicted octanol–water partition coefficient (Wildman–Crippen LogP) is -2.35. The van der Waals surface area contributed by atoms with Gasteiger partial charge in [0.2, 0.25) is 0 Å². The summed E-state index contributed by atoms with van der Waals surface area (Å²) in [7, 11) is 0. The van der Waals surface area contributed by atoms with Crippen LogP contribution >= 0.6 is 0 Å². The molecule has 0 spiro atoms. The number of aliphatic hydroxyl groups excluding tert-OH is 1. The summed E-state index contributed by atoms with van der Waals surface area (Å²) in [6.45, 7) is -1.21. The number of hydrogen-bond acceptors (Lipinski definition) is 18. The SMILES string of the molecule is N=C(CO)CCOC(COCC/C(N)=N/O)C(OCCC(N)=NO)C(OCCC(N)=NO)C(COCCC(N)=NO)OCCC(N)=NO. The lowest BCUT2D eigenvalue weighted by Crippen LogP contribution is -2.53. The average Bonchev–Trinajstić information content (AvgIpc) is 3.10. The van der Waals surface area contributed by atoms with Gasteiger partial charge >= 0.3 is 0 Å². The number of rotatable bonds is 30. The van der Waals surface area contributed by atoms with E-state index in [0.717, 1.165) is 0 Å². The van der Waals surface area contributed by atoms with E-state index in [9.17, 15) is 5.11 Å². The van der Waals surface area contributed by atoms with Gasteiger partial charge in [-0.1, -0.05) is 25.8 Å². The molecule has 48 heavy (non-hydrogen) atoms. The Morgan fingerprint density at radius 3 is 1.08 bits per heavy atom. The molecule has 278 valence electrons. The van der Waals surface area contributed by atoms with Gasteiger partial charge in [-0.15, -0.1) is 0 Å². The van der Waals surface area contributed by atoms with Gasteiger partial charge in [0.05, 0.1) is 59.5 Å². The molecule has 0 aromatic heterocycles. The van der Waals surface area contributed by atoms with E-state index < -0.39 is 31.0 Å². The van der Waals surface area contributed by atoms with Crippen molar-refractivity contribution in [3.63, 3.8) is 0 Å². The number of oxime groups is 5. The third-order valence-electron chi connectivity index (χ3n) is 6.22. The zero-order valence-corrected chi connectivity index (χ0v) is 26.7. The highest BCUT2D eigenvalue weighted by atomic mass is 16.6. The predicted molar refractivity (Wildman–Crippen MR) is 170 cm³/mol. The van der Waals surface area contributed by atoms with Crippen molar-refractivity contribution in [1.82, 2.24) is 0 Å². The molecular formula is C25H51N11O12. The number of hydrogen-bond donors (Lipinski definition) is 12. The molecule has 23 nitrogen and oxygen atoms in total. The summed E-state index contributed by atoms with van der Waals surface area (Å²) in [6.07, 6.45) is -4.04. The number of amidine groups is 5. The minimum Gasteiger partial charge on any atom is -0.409 e. The fourth-order valence-corrected chi connectivity index (χ4v) is 3.63. The van der Waals surface area contributed by atoms with Gasteiger partial charge in [0, 0.05) is 44.2 Å². The molecule has 0 aromatic carbocycles. The highest BCUT2D eigenvalue weighted by molar-refractivity contribution is 5.82. The van der Waals surface area contributed by atoms with E-state index in [1.54, 1.807) is 0 Å². The smallest absolute Gasteiger partial charge is 0.141 e. The number of ether oxygens (including phenoxy) is 6. The number of nitrogens with one attached hydrogen (secondary N) is 1. The van der Waals surface area contributed by atoms with Crippen molar-refractivity contribution < 1.29 is 59.6 Å². The first kappa shape index (κ1) is 43.7. The summed E-state index contributed by atoms with van der Waals surface area (Å²) in [5.74, 6) is -0.562. The zero-order valence-electron chi connectivity index (χ0n) is 26.7. The molecule has 0 saturated heterocycles. The molecule has 0 saturated carbocycles. The Bertz CT molecular complexity index is 1030. The molecule has 17 N–H and O–H groups in total. The topological polar surface area (TPSA) is 393 Å². The minimum absolute atomic E-state index is 0.000928. The Morgan fingerprint density at radius 1 is 0.479 bits per heavy atom. The molecule has 0 heterocycles. The molecule has 0 aromatic rings. The van der Waals surface area contributed by atoms with Crippen molar-refractivity contribution in [2.75, 3.05) is 59.5 Å². The van der Waals surface area contributed by atoms with Crippen LogP contribution in [0.25, 0.3) is 0 Å². The molecular weight excluding hydrogens is 646 g/mol. The quantitative estimate of drug-likeness (QED) is 0.0123. The summed E-state index contributed by atoms with van der Waals surface area (Å²) in [4.78, 5) is 0. The molecule has 0 aliphatic rings. The van der Waals surface area contributed by atoms with Crippen LogP contribution in [-0.4, -0.2) is 150 Å². The highest BCUT2D eigenvalue weighted by Crippen LogP contribution is 2.21. The summed E-state index contributed by atoms with van der Waals surface area (Å²) >= 11 is 0. The van der Waals surface area contributed by atoms with Crippen molar-refractivity contribution in [3.8, 4) is 0 Å². The number of aliphatic hydroxyl groups is 1. The molecule has 0 amide bonds. The summed E-state index contributed by atoms with van der Waals surface area (Å²) in [6, 6.07) is 0. The molecule has 0 bridgehead atoms. The van der Waals surface area contributed by atoms with Gasteiger partial charge in [-0.3, -0.25) is 0 Å². The Hall–Kier alpha value is -4.26. The van der Waals surface area contributed by atoms with Gasteiger partial charge < -0.3 is 93.6 Å². The van der Waals surface area contributed by atoms with Gasteiger partial charge in [-0.05, 0) is 0 Å². The first-order valence-electron chi connectivity index (χ1n) is 14.7. The van der Waals surface area contributed by atoms with Crippen LogP contribution in [0.2, 0.25) is 0 Å². The third kappa shape index (κ3) is 20.8. The Kier molecular flexibility index (Phi) is 25.3. The van der Waals surface area contributed by atoms with Crippen LogP contribution in [0, 0.1) is 5.41 Å². The maximum atomic E-state index is 9.30. The first-order valence-corrected chi connectivity index (χ1v) is 14.7. The number of nitrogens with zero attached hydrogens (tertiary/aromatic N) is 5. The maximum Gasteiger partial charge on any atom is 0.141 e. The second kappa shape index (κ2) is 27.8. The molecule has 0 radical (unpaired) electrons. The molecule has 4 atom stereocenters. The van der Waals surface area contributed by atoms with Crippen molar-refractivity contribution in [2.24, 2.45) is 54.4 Å². The van der Waals surface area contributed by atoms with Gasteiger partial charge in [0.25, 0.3) is 0 Å². The van der Waals surface area contributed by atoms with Crippen molar-refractivity contribution in [2.45, 2.75) is 62.9 Å². The van der Waals surface area contributed by atoms with E-state index >= 15 is 0 Å². The summed E-state index contributed by atoms with van der Waals surface area (Å²) < 4.78 is 36.1. The fourth-order valence-electron chi connectivity index (χ4n) is 3.63. The maximum absolute atomic E-state index is 9.30.